The standard InChI is InChI=1S/C18H22ClN5O2/c1-23(2)16(25)14-12-13(4-5-15(14)19)22-17(26)18(6-9-20-10-7-18)24-11-3-8-21-24/h3-5,8,11-12,20H,6-7,9-10H2,1-2H3,(H,22,26). The SMILES string of the molecule is CN(C)C(=O)c1cc(NC(=O)C2(n3cccn3)CCNCC2)ccc1Cl. The van der Waals surface area contributed by atoms with Crippen LogP contribution in [0.25, 0.3) is 0 Å². The molecule has 0 spiro atoms. The average Bonchev–Trinajstić information content (AvgIpc) is 3.18. The summed E-state index contributed by atoms with van der Waals surface area (Å²) in [7, 11) is 3.32. The number of hydrogen-bond acceptors (Lipinski definition) is 4. The van der Waals surface area contributed by atoms with Crippen LogP contribution in [0.2, 0.25) is 5.02 Å². The third-order valence-corrected chi connectivity index (χ3v) is 4.99. The molecule has 7 nitrogen and oxygen atoms in total. The Morgan fingerprint density at radius 2 is 2.04 bits per heavy atom. The molecule has 8 heteroatoms. The Morgan fingerprint density at radius 1 is 1.31 bits per heavy atom. The summed E-state index contributed by atoms with van der Waals surface area (Å²) < 4.78 is 1.73. The van der Waals surface area contributed by atoms with Gasteiger partial charge in [-0.25, -0.2) is 0 Å². The van der Waals surface area contributed by atoms with E-state index in [1.54, 1.807) is 43.2 Å². The maximum Gasteiger partial charge on any atom is 0.254 e. The van der Waals surface area contributed by atoms with Crippen LogP contribution in [0, 0.1) is 0 Å². The fraction of sp³-hybridized carbons (Fsp3) is 0.389. The summed E-state index contributed by atoms with van der Waals surface area (Å²) in [6.07, 6.45) is 4.76. The van der Waals surface area contributed by atoms with Gasteiger partial charge in [0.05, 0.1) is 10.6 Å². The average molecular weight is 376 g/mol. The van der Waals surface area contributed by atoms with E-state index in [0.717, 1.165) is 13.1 Å². The van der Waals surface area contributed by atoms with Crippen molar-refractivity contribution in [2.24, 2.45) is 0 Å². The Balaban J connectivity index is 1.89. The molecule has 2 aromatic rings. The summed E-state index contributed by atoms with van der Waals surface area (Å²) in [4.78, 5) is 26.9. The van der Waals surface area contributed by atoms with E-state index in [9.17, 15) is 9.59 Å². The molecule has 1 fully saturated rings. The van der Waals surface area contributed by atoms with Gasteiger partial charge in [-0.3, -0.25) is 14.3 Å². The molecule has 1 aromatic heterocycles. The first kappa shape index (κ1) is 18.4. The van der Waals surface area contributed by atoms with Crippen molar-refractivity contribution in [1.82, 2.24) is 20.0 Å². The number of rotatable bonds is 4. The van der Waals surface area contributed by atoms with Gasteiger partial charge < -0.3 is 15.5 Å². The topological polar surface area (TPSA) is 79.3 Å². The van der Waals surface area contributed by atoms with Crippen molar-refractivity contribution in [1.29, 1.82) is 0 Å². The molecule has 0 atom stereocenters. The van der Waals surface area contributed by atoms with Gasteiger partial charge in [0.15, 0.2) is 0 Å². The van der Waals surface area contributed by atoms with Crippen LogP contribution in [-0.2, 0) is 10.3 Å². The monoisotopic (exact) mass is 375 g/mol. The number of piperidine rings is 1. The zero-order valence-electron chi connectivity index (χ0n) is 14.8. The lowest BCUT2D eigenvalue weighted by Crippen LogP contribution is -2.52. The molecule has 0 aliphatic carbocycles. The number of hydrogen-bond donors (Lipinski definition) is 2. The number of halogens is 1. The normalized spacial score (nSPS) is 16.1. The number of amides is 2. The van der Waals surface area contributed by atoms with Crippen LogP contribution in [0.15, 0.2) is 36.7 Å². The van der Waals surface area contributed by atoms with Gasteiger partial charge in [-0.2, -0.15) is 5.10 Å². The highest BCUT2D eigenvalue weighted by Crippen LogP contribution is 2.29. The highest BCUT2D eigenvalue weighted by Gasteiger charge is 2.42. The molecule has 1 aliphatic heterocycles. The lowest BCUT2D eigenvalue weighted by atomic mass is 9.87. The summed E-state index contributed by atoms with van der Waals surface area (Å²) in [5.74, 6) is -0.358. The van der Waals surface area contributed by atoms with Crippen molar-refractivity contribution in [2.45, 2.75) is 18.4 Å². The van der Waals surface area contributed by atoms with Crippen LogP contribution in [-0.4, -0.2) is 53.7 Å². The van der Waals surface area contributed by atoms with E-state index in [-0.39, 0.29) is 11.8 Å². The lowest BCUT2D eigenvalue weighted by molar-refractivity contribution is -0.126. The lowest BCUT2D eigenvalue weighted by Gasteiger charge is -2.36. The first-order valence-electron chi connectivity index (χ1n) is 8.47. The molecule has 2 N–H and O–H groups in total. The van der Waals surface area contributed by atoms with E-state index in [4.69, 9.17) is 11.6 Å². The first-order valence-corrected chi connectivity index (χ1v) is 8.85. The number of benzene rings is 1. The third kappa shape index (κ3) is 3.45. The predicted octanol–water partition coefficient (Wildman–Crippen LogP) is 1.96. The molecule has 1 aromatic carbocycles. The molecule has 2 heterocycles. The Morgan fingerprint density at radius 3 is 2.65 bits per heavy atom. The highest BCUT2D eigenvalue weighted by atomic mass is 35.5. The second kappa shape index (κ2) is 7.47. The highest BCUT2D eigenvalue weighted by molar-refractivity contribution is 6.34. The number of anilines is 1. The molecule has 1 aliphatic rings. The minimum atomic E-state index is -0.750. The van der Waals surface area contributed by atoms with Crippen LogP contribution in [0.3, 0.4) is 0 Å². The third-order valence-electron chi connectivity index (χ3n) is 4.66. The number of carbonyl (C=O) groups excluding carboxylic acids is 2. The van der Waals surface area contributed by atoms with Crippen molar-refractivity contribution in [2.75, 3.05) is 32.5 Å². The van der Waals surface area contributed by atoms with Gasteiger partial charge in [0, 0.05) is 32.2 Å². The number of aromatic nitrogens is 2. The van der Waals surface area contributed by atoms with Gasteiger partial charge in [-0.1, -0.05) is 11.6 Å². The van der Waals surface area contributed by atoms with E-state index < -0.39 is 5.54 Å². The van der Waals surface area contributed by atoms with Gasteiger partial charge >= 0.3 is 0 Å². The second-order valence-electron chi connectivity index (χ2n) is 6.58. The van der Waals surface area contributed by atoms with Gasteiger partial charge in [0.2, 0.25) is 0 Å². The van der Waals surface area contributed by atoms with Crippen molar-refractivity contribution in [3.63, 3.8) is 0 Å². The number of carbonyl (C=O) groups is 2. The minimum Gasteiger partial charge on any atom is -0.345 e. The van der Waals surface area contributed by atoms with Crippen molar-refractivity contribution in [3.8, 4) is 0 Å². The molecule has 1 saturated heterocycles. The van der Waals surface area contributed by atoms with E-state index >= 15 is 0 Å². The van der Waals surface area contributed by atoms with E-state index in [2.05, 4.69) is 15.7 Å². The summed E-state index contributed by atoms with van der Waals surface area (Å²) >= 11 is 6.15. The maximum absolute atomic E-state index is 13.2. The van der Waals surface area contributed by atoms with Crippen LogP contribution < -0.4 is 10.6 Å². The predicted molar refractivity (Wildman–Crippen MR) is 100 cm³/mol. The summed E-state index contributed by atoms with van der Waals surface area (Å²) in [5, 5.41) is 10.9. The quantitative estimate of drug-likeness (QED) is 0.856. The second-order valence-corrected chi connectivity index (χ2v) is 6.99. The van der Waals surface area contributed by atoms with Crippen molar-refractivity contribution < 1.29 is 9.59 Å². The summed E-state index contributed by atoms with van der Waals surface area (Å²) in [6.45, 7) is 1.47. The Bertz CT molecular complexity index is 798. The van der Waals surface area contributed by atoms with Crippen LogP contribution in [0.4, 0.5) is 5.69 Å². The summed E-state index contributed by atoms with van der Waals surface area (Å²) in [6, 6.07) is 6.75. The van der Waals surface area contributed by atoms with E-state index in [0.29, 0.717) is 29.1 Å². The van der Waals surface area contributed by atoms with E-state index in [1.807, 2.05) is 12.3 Å². The molecule has 0 unspecified atom stereocenters. The minimum absolute atomic E-state index is 0.145. The smallest absolute Gasteiger partial charge is 0.254 e. The Labute approximate surface area is 157 Å². The van der Waals surface area contributed by atoms with Gasteiger partial charge in [0.1, 0.15) is 5.54 Å². The van der Waals surface area contributed by atoms with Gasteiger partial charge in [-0.15, -0.1) is 0 Å². The van der Waals surface area contributed by atoms with Gasteiger partial charge in [-0.05, 0) is 50.2 Å². The molecule has 2 amide bonds. The zero-order valence-corrected chi connectivity index (χ0v) is 15.6. The molecule has 0 saturated carbocycles. The molecule has 0 radical (unpaired) electrons. The molecule has 0 bridgehead atoms. The molecular weight excluding hydrogens is 354 g/mol. The molecule has 3 rings (SSSR count). The van der Waals surface area contributed by atoms with Crippen LogP contribution >= 0.6 is 11.6 Å². The van der Waals surface area contributed by atoms with Crippen molar-refractivity contribution >= 4 is 29.1 Å². The van der Waals surface area contributed by atoms with Crippen molar-refractivity contribution in [3.05, 3.63) is 47.2 Å². The van der Waals surface area contributed by atoms with Gasteiger partial charge in [0.25, 0.3) is 11.8 Å². The zero-order chi connectivity index (χ0) is 18.7. The number of nitrogens with one attached hydrogen (secondary N) is 2. The fourth-order valence-corrected chi connectivity index (χ4v) is 3.38. The van der Waals surface area contributed by atoms with Crippen LogP contribution in [0.1, 0.15) is 23.2 Å². The largest absolute Gasteiger partial charge is 0.345 e. The molecular formula is C18H22ClN5O2. The van der Waals surface area contributed by atoms with E-state index in [1.165, 1.54) is 4.90 Å². The maximum atomic E-state index is 13.2. The Kier molecular flexibility index (Phi) is 5.29. The fourth-order valence-electron chi connectivity index (χ4n) is 3.18. The summed E-state index contributed by atoms with van der Waals surface area (Å²) in [5.41, 5.74) is 0.141. The van der Waals surface area contributed by atoms with Crippen LogP contribution in [0.5, 0.6) is 0 Å². The Hall–Kier alpha value is -2.38. The first-order chi connectivity index (χ1) is 12.4. The molecule has 138 valence electrons. The molecule has 26 heavy (non-hydrogen) atoms. The number of nitrogens with zero attached hydrogens (tertiary/aromatic N) is 3.